The predicted molar refractivity (Wildman–Crippen MR) is 104 cm³/mol. The van der Waals surface area contributed by atoms with E-state index in [9.17, 15) is 4.39 Å². The zero-order chi connectivity index (χ0) is 18.1. The number of imidazole rings is 1. The van der Waals surface area contributed by atoms with Crippen LogP contribution in [0.4, 0.5) is 4.39 Å². The van der Waals surface area contributed by atoms with Crippen molar-refractivity contribution in [1.82, 2.24) is 9.55 Å². The second kappa shape index (κ2) is 6.60. The number of rotatable bonds is 3. The lowest BCUT2D eigenvalue weighted by Crippen LogP contribution is -2.01. The molecule has 0 N–H and O–H groups in total. The molecule has 0 aliphatic heterocycles. The third kappa shape index (κ3) is 2.82. The second-order valence-corrected chi connectivity index (χ2v) is 6.39. The maximum absolute atomic E-state index is 14.7. The largest absolute Gasteiger partial charge is 0.292 e. The van der Waals surface area contributed by atoms with Crippen molar-refractivity contribution in [2.45, 2.75) is 13.8 Å². The first kappa shape index (κ1) is 16.3. The van der Waals surface area contributed by atoms with Gasteiger partial charge in [-0.1, -0.05) is 54.6 Å². The van der Waals surface area contributed by atoms with Gasteiger partial charge in [-0.3, -0.25) is 4.57 Å². The van der Waals surface area contributed by atoms with Crippen LogP contribution in [0.25, 0.3) is 28.3 Å². The van der Waals surface area contributed by atoms with E-state index in [0.29, 0.717) is 11.4 Å². The fourth-order valence-electron chi connectivity index (χ4n) is 3.27. The van der Waals surface area contributed by atoms with Gasteiger partial charge in [-0.15, -0.1) is 0 Å². The Balaban J connectivity index is 2.04. The molecule has 0 atom stereocenters. The molecule has 1 aromatic heterocycles. The fourth-order valence-corrected chi connectivity index (χ4v) is 3.27. The van der Waals surface area contributed by atoms with Crippen LogP contribution in [-0.4, -0.2) is 9.55 Å². The van der Waals surface area contributed by atoms with E-state index >= 15 is 0 Å². The third-order valence-corrected chi connectivity index (χ3v) is 4.48. The lowest BCUT2D eigenvalue weighted by Gasteiger charge is -2.13. The lowest BCUT2D eigenvalue weighted by molar-refractivity contribution is 0.628. The smallest absolute Gasteiger partial charge is 0.148 e. The van der Waals surface area contributed by atoms with Crippen molar-refractivity contribution in [1.29, 1.82) is 0 Å². The van der Waals surface area contributed by atoms with E-state index < -0.39 is 0 Å². The van der Waals surface area contributed by atoms with E-state index in [1.165, 1.54) is 0 Å². The van der Waals surface area contributed by atoms with E-state index in [1.807, 2.05) is 73.0 Å². The molecule has 26 heavy (non-hydrogen) atoms. The SMILES string of the molecule is Cc1ccc(-c2nc(C)c(-c3ccccc3)n2-c2ccccc2)c(F)c1. The topological polar surface area (TPSA) is 17.8 Å². The van der Waals surface area contributed by atoms with Crippen molar-refractivity contribution in [3.05, 3.63) is 95.9 Å². The fraction of sp³-hybridized carbons (Fsp3) is 0.0870. The Kier molecular flexibility index (Phi) is 4.13. The van der Waals surface area contributed by atoms with Gasteiger partial charge in [0, 0.05) is 11.3 Å². The number of hydrogen-bond acceptors (Lipinski definition) is 1. The highest BCUT2D eigenvalue weighted by Crippen LogP contribution is 2.34. The van der Waals surface area contributed by atoms with Crippen molar-refractivity contribution in [2.24, 2.45) is 0 Å². The Hall–Kier alpha value is -3.20. The monoisotopic (exact) mass is 342 g/mol. The number of nitrogens with zero attached hydrogens (tertiary/aromatic N) is 2. The summed E-state index contributed by atoms with van der Waals surface area (Å²) >= 11 is 0. The van der Waals surface area contributed by atoms with Gasteiger partial charge in [-0.25, -0.2) is 9.37 Å². The van der Waals surface area contributed by atoms with E-state index in [-0.39, 0.29) is 5.82 Å². The number of halogens is 1. The number of hydrogen-bond donors (Lipinski definition) is 0. The molecular formula is C23H19FN2. The van der Waals surface area contributed by atoms with Crippen LogP contribution < -0.4 is 0 Å². The average Bonchev–Trinajstić information content (AvgIpc) is 3.00. The zero-order valence-corrected chi connectivity index (χ0v) is 14.8. The van der Waals surface area contributed by atoms with Crippen LogP contribution in [0.15, 0.2) is 78.9 Å². The van der Waals surface area contributed by atoms with Crippen LogP contribution in [0.2, 0.25) is 0 Å². The molecule has 4 aromatic rings. The molecule has 1 heterocycles. The summed E-state index contributed by atoms with van der Waals surface area (Å²) < 4.78 is 16.8. The molecule has 0 unspecified atom stereocenters. The van der Waals surface area contributed by atoms with Crippen LogP contribution in [0.1, 0.15) is 11.3 Å². The normalized spacial score (nSPS) is 10.9. The van der Waals surface area contributed by atoms with Crippen LogP contribution in [0, 0.1) is 19.7 Å². The van der Waals surface area contributed by atoms with Crippen LogP contribution in [0.3, 0.4) is 0 Å². The molecule has 128 valence electrons. The van der Waals surface area contributed by atoms with Crippen LogP contribution >= 0.6 is 0 Å². The van der Waals surface area contributed by atoms with Gasteiger partial charge in [0.05, 0.1) is 17.0 Å². The molecule has 0 saturated carbocycles. The van der Waals surface area contributed by atoms with Gasteiger partial charge in [0.1, 0.15) is 11.6 Å². The van der Waals surface area contributed by atoms with Gasteiger partial charge >= 0.3 is 0 Å². The molecule has 3 heteroatoms. The van der Waals surface area contributed by atoms with E-state index in [1.54, 1.807) is 12.1 Å². The summed E-state index contributed by atoms with van der Waals surface area (Å²) in [5, 5.41) is 0. The average molecular weight is 342 g/mol. The van der Waals surface area contributed by atoms with E-state index in [2.05, 4.69) is 12.1 Å². The number of para-hydroxylation sites is 1. The molecule has 2 nitrogen and oxygen atoms in total. The quantitative estimate of drug-likeness (QED) is 0.449. The van der Waals surface area contributed by atoms with Crippen molar-refractivity contribution >= 4 is 0 Å². The Morgan fingerprint density at radius 1 is 0.808 bits per heavy atom. The number of aromatic nitrogens is 2. The summed E-state index contributed by atoms with van der Waals surface area (Å²) in [6, 6.07) is 25.3. The minimum Gasteiger partial charge on any atom is -0.292 e. The number of benzene rings is 3. The van der Waals surface area contributed by atoms with Gasteiger partial charge in [0.2, 0.25) is 0 Å². The highest BCUT2D eigenvalue weighted by molar-refractivity contribution is 5.72. The molecular weight excluding hydrogens is 323 g/mol. The maximum atomic E-state index is 14.7. The second-order valence-electron chi connectivity index (χ2n) is 6.39. The Morgan fingerprint density at radius 2 is 1.46 bits per heavy atom. The molecule has 3 aromatic carbocycles. The van der Waals surface area contributed by atoms with E-state index in [4.69, 9.17) is 4.98 Å². The van der Waals surface area contributed by atoms with Crippen molar-refractivity contribution in [3.63, 3.8) is 0 Å². The van der Waals surface area contributed by atoms with Gasteiger partial charge < -0.3 is 0 Å². The van der Waals surface area contributed by atoms with E-state index in [0.717, 1.165) is 28.2 Å². The molecule has 0 spiro atoms. The Bertz CT molecular complexity index is 1050. The van der Waals surface area contributed by atoms with Gasteiger partial charge in [-0.2, -0.15) is 0 Å². The van der Waals surface area contributed by atoms with Gasteiger partial charge in [0.25, 0.3) is 0 Å². The first-order chi connectivity index (χ1) is 12.6. The minimum absolute atomic E-state index is 0.258. The summed E-state index contributed by atoms with van der Waals surface area (Å²) in [5.41, 5.74) is 5.26. The van der Waals surface area contributed by atoms with Crippen molar-refractivity contribution in [2.75, 3.05) is 0 Å². The molecule has 0 bridgehead atoms. The van der Waals surface area contributed by atoms with Crippen LogP contribution in [0.5, 0.6) is 0 Å². The van der Waals surface area contributed by atoms with Crippen molar-refractivity contribution < 1.29 is 4.39 Å². The summed E-state index contributed by atoms with van der Waals surface area (Å²) in [6.45, 7) is 3.86. The Morgan fingerprint density at radius 3 is 2.12 bits per heavy atom. The zero-order valence-electron chi connectivity index (χ0n) is 14.8. The Labute approximate surface area is 152 Å². The number of aryl methyl sites for hydroxylation is 2. The minimum atomic E-state index is -0.258. The summed E-state index contributed by atoms with van der Waals surface area (Å²) in [6.07, 6.45) is 0. The van der Waals surface area contributed by atoms with Crippen molar-refractivity contribution in [3.8, 4) is 28.3 Å². The first-order valence-electron chi connectivity index (χ1n) is 8.62. The van der Waals surface area contributed by atoms with Gasteiger partial charge in [0.15, 0.2) is 0 Å². The molecule has 0 aliphatic carbocycles. The third-order valence-electron chi connectivity index (χ3n) is 4.48. The molecule has 0 fully saturated rings. The molecule has 4 rings (SSSR count). The van der Waals surface area contributed by atoms with Gasteiger partial charge in [-0.05, 0) is 43.7 Å². The molecule has 0 radical (unpaired) electrons. The first-order valence-corrected chi connectivity index (χ1v) is 8.62. The van der Waals surface area contributed by atoms with Crippen LogP contribution in [-0.2, 0) is 0 Å². The standard InChI is InChI=1S/C23H19FN2/c1-16-13-14-20(21(24)15-16)23-25-17(2)22(18-9-5-3-6-10-18)26(23)19-11-7-4-8-12-19/h3-15H,1-2H3. The lowest BCUT2D eigenvalue weighted by atomic mass is 10.1. The molecule has 0 amide bonds. The summed E-state index contributed by atoms with van der Waals surface area (Å²) in [5.74, 6) is 0.358. The highest BCUT2D eigenvalue weighted by Gasteiger charge is 2.20. The summed E-state index contributed by atoms with van der Waals surface area (Å²) in [7, 11) is 0. The highest BCUT2D eigenvalue weighted by atomic mass is 19.1. The molecule has 0 aliphatic rings. The predicted octanol–water partition coefficient (Wildman–Crippen LogP) is 5.96. The molecule has 0 saturated heterocycles. The maximum Gasteiger partial charge on any atom is 0.148 e. The summed E-state index contributed by atoms with van der Waals surface area (Å²) in [4.78, 5) is 4.75.